The van der Waals surface area contributed by atoms with Crippen molar-refractivity contribution in [2.75, 3.05) is 6.79 Å². The Labute approximate surface area is 111 Å². The van der Waals surface area contributed by atoms with Gasteiger partial charge in [-0.15, -0.1) is 0 Å². The van der Waals surface area contributed by atoms with Crippen LogP contribution < -0.4 is 9.47 Å². The summed E-state index contributed by atoms with van der Waals surface area (Å²) in [7, 11) is 0. The van der Waals surface area contributed by atoms with Crippen molar-refractivity contribution in [1.29, 1.82) is 0 Å². The number of fused-ring (bicyclic) bond motifs is 1. The standard InChI is InChI=1S/C15H14O4/c1-10-6-12(19-15(16)7-10)4-2-11-3-5-13-14(8-11)18-9-17-13/h2-5,7-8,12H,6,9H2,1H3. The van der Waals surface area contributed by atoms with Gasteiger partial charge in [-0.2, -0.15) is 0 Å². The van der Waals surface area contributed by atoms with Crippen LogP contribution in [0.3, 0.4) is 0 Å². The Morgan fingerprint density at radius 1 is 1.26 bits per heavy atom. The highest BCUT2D eigenvalue weighted by molar-refractivity contribution is 5.84. The van der Waals surface area contributed by atoms with E-state index in [-0.39, 0.29) is 18.9 Å². The third-order valence-corrected chi connectivity index (χ3v) is 3.05. The highest BCUT2D eigenvalue weighted by Crippen LogP contribution is 2.33. The summed E-state index contributed by atoms with van der Waals surface area (Å²) in [6.45, 7) is 2.20. The van der Waals surface area contributed by atoms with Crippen LogP contribution in [0.5, 0.6) is 11.5 Å². The van der Waals surface area contributed by atoms with Crippen molar-refractivity contribution in [3.05, 3.63) is 41.5 Å². The van der Waals surface area contributed by atoms with Crippen LogP contribution in [0.1, 0.15) is 18.9 Å². The molecule has 3 rings (SSSR count). The van der Waals surface area contributed by atoms with Crippen LogP contribution in [0.25, 0.3) is 6.08 Å². The number of rotatable bonds is 2. The van der Waals surface area contributed by atoms with Crippen molar-refractivity contribution in [1.82, 2.24) is 0 Å². The molecule has 98 valence electrons. The van der Waals surface area contributed by atoms with Gasteiger partial charge in [-0.05, 0) is 30.7 Å². The van der Waals surface area contributed by atoms with Crippen LogP contribution in [-0.2, 0) is 9.53 Å². The van der Waals surface area contributed by atoms with E-state index >= 15 is 0 Å². The smallest absolute Gasteiger partial charge is 0.331 e. The molecule has 1 unspecified atom stereocenters. The molecule has 0 fully saturated rings. The Bertz CT molecular complexity index is 572. The molecule has 0 saturated heterocycles. The van der Waals surface area contributed by atoms with Gasteiger partial charge in [0.25, 0.3) is 0 Å². The van der Waals surface area contributed by atoms with Gasteiger partial charge in [0.2, 0.25) is 6.79 Å². The molecule has 0 bridgehead atoms. The van der Waals surface area contributed by atoms with Crippen molar-refractivity contribution < 1.29 is 19.0 Å². The normalized spacial score (nSPS) is 21.4. The van der Waals surface area contributed by atoms with Gasteiger partial charge in [0.15, 0.2) is 11.5 Å². The average molecular weight is 258 g/mol. The Morgan fingerprint density at radius 2 is 2.11 bits per heavy atom. The lowest BCUT2D eigenvalue weighted by atomic mass is 10.1. The summed E-state index contributed by atoms with van der Waals surface area (Å²) >= 11 is 0. The molecule has 0 radical (unpaired) electrons. The third kappa shape index (κ3) is 2.62. The molecule has 2 aliphatic heterocycles. The van der Waals surface area contributed by atoms with Crippen molar-refractivity contribution in [3.63, 3.8) is 0 Å². The van der Waals surface area contributed by atoms with Gasteiger partial charge in [-0.1, -0.05) is 17.7 Å². The first-order valence-corrected chi connectivity index (χ1v) is 6.16. The van der Waals surface area contributed by atoms with Crippen molar-refractivity contribution >= 4 is 12.0 Å². The second-order valence-corrected chi connectivity index (χ2v) is 4.64. The fourth-order valence-corrected chi connectivity index (χ4v) is 2.14. The molecular formula is C15H14O4. The Kier molecular flexibility index (Phi) is 2.99. The summed E-state index contributed by atoms with van der Waals surface area (Å²) in [5, 5.41) is 0. The molecule has 2 heterocycles. The molecule has 2 aliphatic rings. The second-order valence-electron chi connectivity index (χ2n) is 4.64. The highest BCUT2D eigenvalue weighted by atomic mass is 16.7. The van der Waals surface area contributed by atoms with E-state index in [4.69, 9.17) is 14.2 Å². The summed E-state index contributed by atoms with van der Waals surface area (Å²) in [4.78, 5) is 11.3. The Balaban J connectivity index is 1.73. The molecule has 1 atom stereocenters. The average Bonchev–Trinajstić information content (AvgIpc) is 2.82. The Hall–Kier alpha value is -2.23. The number of cyclic esters (lactones) is 1. The lowest BCUT2D eigenvalue weighted by molar-refractivity contribution is -0.141. The molecule has 0 saturated carbocycles. The lowest BCUT2D eigenvalue weighted by Crippen LogP contribution is -2.19. The first-order valence-electron chi connectivity index (χ1n) is 6.16. The number of carbonyl (C=O) groups excluding carboxylic acids is 1. The minimum absolute atomic E-state index is 0.192. The van der Waals surface area contributed by atoms with Crippen molar-refractivity contribution in [2.24, 2.45) is 0 Å². The summed E-state index contributed by atoms with van der Waals surface area (Å²) < 4.78 is 15.8. The van der Waals surface area contributed by atoms with Crippen LogP contribution in [0.15, 0.2) is 35.9 Å². The summed E-state index contributed by atoms with van der Waals surface area (Å²) in [6, 6.07) is 5.73. The molecule has 4 heteroatoms. The van der Waals surface area contributed by atoms with Crippen LogP contribution in [0.2, 0.25) is 0 Å². The molecule has 1 aromatic carbocycles. The summed E-state index contributed by atoms with van der Waals surface area (Å²) in [5.74, 6) is 1.24. The zero-order valence-corrected chi connectivity index (χ0v) is 10.6. The second kappa shape index (κ2) is 4.80. The van der Waals surface area contributed by atoms with Gasteiger partial charge in [0, 0.05) is 12.5 Å². The van der Waals surface area contributed by atoms with Gasteiger partial charge in [-0.3, -0.25) is 0 Å². The van der Waals surface area contributed by atoms with Crippen molar-refractivity contribution in [2.45, 2.75) is 19.4 Å². The zero-order valence-electron chi connectivity index (χ0n) is 10.6. The van der Waals surface area contributed by atoms with Gasteiger partial charge >= 0.3 is 5.97 Å². The number of esters is 1. The fourth-order valence-electron chi connectivity index (χ4n) is 2.14. The third-order valence-electron chi connectivity index (χ3n) is 3.05. The lowest BCUT2D eigenvalue weighted by Gasteiger charge is -2.18. The number of benzene rings is 1. The van der Waals surface area contributed by atoms with E-state index in [9.17, 15) is 4.79 Å². The van der Waals surface area contributed by atoms with Crippen LogP contribution in [0, 0.1) is 0 Å². The predicted molar refractivity (Wildman–Crippen MR) is 69.9 cm³/mol. The Morgan fingerprint density at radius 3 is 2.95 bits per heavy atom. The van der Waals surface area contributed by atoms with Gasteiger partial charge in [-0.25, -0.2) is 4.79 Å². The van der Waals surface area contributed by atoms with Crippen LogP contribution in [-0.4, -0.2) is 18.9 Å². The van der Waals surface area contributed by atoms with E-state index < -0.39 is 0 Å². The maximum absolute atomic E-state index is 11.3. The van der Waals surface area contributed by atoms with Crippen LogP contribution >= 0.6 is 0 Å². The molecule has 0 amide bonds. The number of hydrogen-bond acceptors (Lipinski definition) is 4. The topological polar surface area (TPSA) is 44.8 Å². The molecule has 0 spiro atoms. The minimum atomic E-state index is -0.274. The molecule has 0 aliphatic carbocycles. The fraction of sp³-hybridized carbons (Fsp3) is 0.267. The maximum Gasteiger partial charge on any atom is 0.331 e. The quantitative estimate of drug-likeness (QED) is 0.765. The summed E-state index contributed by atoms with van der Waals surface area (Å²) in [5.41, 5.74) is 2.03. The van der Waals surface area contributed by atoms with Crippen LogP contribution in [0.4, 0.5) is 0 Å². The van der Waals surface area contributed by atoms with E-state index in [1.54, 1.807) is 0 Å². The SMILES string of the molecule is CC1=CC(=O)OC(C=Cc2ccc3c(c2)OCO3)C1. The highest BCUT2D eigenvalue weighted by Gasteiger charge is 2.17. The largest absolute Gasteiger partial charge is 0.455 e. The zero-order chi connectivity index (χ0) is 13.2. The van der Waals surface area contributed by atoms with Gasteiger partial charge in [0.1, 0.15) is 6.10 Å². The summed E-state index contributed by atoms with van der Waals surface area (Å²) in [6.07, 6.45) is 5.91. The number of ether oxygens (including phenoxy) is 3. The van der Waals surface area contributed by atoms with Crippen molar-refractivity contribution in [3.8, 4) is 11.5 Å². The molecule has 4 nitrogen and oxygen atoms in total. The first-order chi connectivity index (χ1) is 9.20. The molecule has 0 N–H and O–H groups in total. The van der Waals surface area contributed by atoms with Gasteiger partial charge in [0.05, 0.1) is 0 Å². The van der Waals surface area contributed by atoms with E-state index in [0.29, 0.717) is 0 Å². The molecule has 0 aromatic heterocycles. The molecule has 19 heavy (non-hydrogen) atoms. The van der Waals surface area contributed by atoms with E-state index in [1.165, 1.54) is 6.08 Å². The predicted octanol–water partition coefficient (Wildman–Crippen LogP) is 2.69. The van der Waals surface area contributed by atoms with Gasteiger partial charge < -0.3 is 14.2 Å². The van der Waals surface area contributed by atoms with E-state index in [2.05, 4.69) is 0 Å². The number of carbonyl (C=O) groups is 1. The monoisotopic (exact) mass is 258 g/mol. The van der Waals surface area contributed by atoms with E-state index in [0.717, 1.165) is 29.1 Å². The number of hydrogen-bond donors (Lipinski definition) is 0. The maximum atomic E-state index is 11.3. The first kappa shape index (κ1) is 11.8. The minimum Gasteiger partial charge on any atom is -0.455 e. The molecular weight excluding hydrogens is 244 g/mol. The molecule has 1 aromatic rings. The van der Waals surface area contributed by atoms with E-state index in [1.807, 2.05) is 37.3 Å².